The zero-order chi connectivity index (χ0) is 29.3. The summed E-state index contributed by atoms with van der Waals surface area (Å²) < 4.78 is 6.78. The van der Waals surface area contributed by atoms with Crippen LogP contribution in [0.25, 0.3) is 0 Å². The van der Waals surface area contributed by atoms with Crippen LogP contribution in [0.2, 0.25) is 18.1 Å². The highest BCUT2D eigenvalue weighted by Gasteiger charge is 2.42. The molecule has 0 saturated heterocycles. The molecule has 2 radical (unpaired) electrons. The lowest BCUT2D eigenvalue weighted by Crippen LogP contribution is -2.54. The Morgan fingerprint density at radius 3 is 1.97 bits per heavy atom. The van der Waals surface area contributed by atoms with E-state index < -0.39 is 32.2 Å². The van der Waals surface area contributed by atoms with E-state index in [1.54, 1.807) is 0 Å². The van der Waals surface area contributed by atoms with Gasteiger partial charge in [0.2, 0.25) is 19.7 Å². The van der Waals surface area contributed by atoms with Gasteiger partial charge in [0.05, 0.1) is 12.1 Å². The Hall–Kier alpha value is -2.13. The highest BCUT2D eigenvalue weighted by Crippen LogP contribution is 2.38. The maximum atomic E-state index is 13.4. The molecular formula is C29H50BN3O4Si. The first-order valence-corrected chi connectivity index (χ1v) is 16.7. The predicted molar refractivity (Wildman–Crippen MR) is 158 cm³/mol. The van der Waals surface area contributed by atoms with E-state index in [1.165, 1.54) is 0 Å². The lowest BCUT2D eigenvalue weighted by Gasteiger charge is -2.42. The van der Waals surface area contributed by atoms with Crippen LogP contribution in [0, 0.1) is 17.8 Å². The molecule has 0 bridgehead atoms. The van der Waals surface area contributed by atoms with E-state index in [4.69, 9.17) is 12.3 Å². The molecule has 0 saturated carbocycles. The highest BCUT2D eigenvalue weighted by molar-refractivity contribution is 6.74. The van der Waals surface area contributed by atoms with E-state index in [0.29, 0.717) is 25.3 Å². The van der Waals surface area contributed by atoms with Crippen molar-refractivity contribution in [2.24, 2.45) is 17.8 Å². The minimum Gasteiger partial charge on any atom is -0.412 e. The van der Waals surface area contributed by atoms with Gasteiger partial charge in [-0.1, -0.05) is 85.7 Å². The van der Waals surface area contributed by atoms with Crippen molar-refractivity contribution in [2.45, 2.75) is 111 Å². The van der Waals surface area contributed by atoms with Crippen molar-refractivity contribution >= 4 is 33.8 Å². The lowest BCUT2D eigenvalue weighted by molar-refractivity contribution is -0.132. The fraction of sp³-hybridized carbons (Fsp3) is 0.690. The second-order valence-electron chi connectivity index (χ2n) is 12.7. The number of hydrogen-bond acceptors (Lipinski definition) is 4. The Bertz CT molecular complexity index is 903. The molecule has 1 aromatic carbocycles. The van der Waals surface area contributed by atoms with Crippen molar-refractivity contribution < 1.29 is 18.8 Å². The molecule has 0 aliphatic heterocycles. The summed E-state index contributed by atoms with van der Waals surface area (Å²) in [7, 11) is 3.30. The number of hydrogen-bond donors (Lipinski definition) is 3. The Kier molecular flexibility index (Phi) is 13.3. The van der Waals surface area contributed by atoms with E-state index in [2.05, 4.69) is 63.7 Å². The van der Waals surface area contributed by atoms with Gasteiger partial charge in [0.25, 0.3) is 0 Å². The molecule has 3 amide bonds. The average molecular weight is 544 g/mol. The van der Waals surface area contributed by atoms with Gasteiger partial charge in [0.1, 0.15) is 6.04 Å². The number of rotatable bonds is 14. The zero-order valence-electron chi connectivity index (χ0n) is 25.2. The molecule has 0 aliphatic rings. The minimum absolute atomic E-state index is 0.0502. The van der Waals surface area contributed by atoms with Gasteiger partial charge in [0, 0.05) is 12.5 Å². The van der Waals surface area contributed by atoms with Crippen molar-refractivity contribution in [1.82, 2.24) is 16.0 Å². The van der Waals surface area contributed by atoms with E-state index in [9.17, 15) is 14.4 Å². The van der Waals surface area contributed by atoms with Gasteiger partial charge in [-0.15, -0.1) is 0 Å². The molecule has 7 nitrogen and oxygen atoms in total. The van der Waals surface area contributed by atoms with Gasteiger partial charge in [-0.05, 0) is 48.4 Å². The highest BCUT2D eigenvalue weighted by atomic mass is 28.4. The van der Waals surface area contributed by atoms with Crippen LogP contribution in [0.3, 0.4) is 0 Å². The summed E-state index contributed by atoms with van der Waals surface area (Å²) in [6.07, 6.45) is 0.676. The molecule has 1 rings (SSSR count). The molecule has 0 aliphatic carbocycles. The van der Waals surface area contributed by atoms with Crippen molar-refractivity contribution in [3.8, 4) is 0 Å². The number of carbonyl (C=O) groups excluding carboxylic acids is 3. The summed E-state index contributed by atoms with van der Waals surface area (Å²) in [6.45, 7) is 21.0. The smallest absolute Gasteiger partial charge is 0.243 e. The molecule has 212 valence electrons. The molecule has 1 aromatic rings. The third-order valence-corrected chi connectivity index (χ3v) is 11.8. The van der Waals surface area contributed by atoms with Gasteiger partial charge < -0.3 is 20.4 Å². The van der Waals surface area contributed by atoms with Crippen LogP contribution in [0.5, 0.6) is 0 Å². The Morgan fingerprint density at radius 2 is 1.50 bits per heavy atom. The van der Waals surface area contributed by atoms with Crippen LogP contribution in [0.15, 0.2) is 30.3 Å². The van der Waals surface area contributed by atoms with Crippen LogP contribution in [-0.2, 0) is 20.6 Å². The first-order chi connectivity index (χ1) is 17.4. The van der Waals surface area contributed by atoms with Crippen molar-refractivity contribution in [3.63, 3.8) is 0 Å². The Balaban J connectivity index is 3.06. The van der Waals surface area contributed by atoms with E-state index in [0.717, 1.165) is 5.56 Å². The normalized spacial score (nSPS) is 15.5. The minimum atomic E-state index is -2.23. The standard InChI is InChI=1S/C29H50BN3O4Si/c1-19(2)16-23(32-28(30)36)24(37-38(9,10)29(6,7)8)17-21(5)26(34)33-25(20(3)4)27(35)31-18-22-14-12-11-13-15-22/h11-15,19-21,23-25H,16-18H2,1-10H3,(H,31,35)(H,32,36)(H,33,34)/t21-,23+,24+,25+/m1/s1. The fourth-order valence-corrected chi connectivity index (χ4v) is 5.40. The fourth-order valence-electron chi connectivity index (χ4n) is 4.02. The summed E-state index contributed by atoms with van der Waals surface area (Å²) in [5.74, 6) is -1.29. The largest absolute Gasteiger partial charge is 0.412 e. The van der Waals surface area contributed by atoms with Gasteiger partial charge in [0.15, 0.2) is 14.1 Å². The summed E-state index contributed by atoms with van der Waals surface area (Å²) in [5.41, 5.74) is 0.992. The monoisotopic (exact) mass is 543 g/mol. The predicted octanol–water partition coefficient (Wildman–Crippen LogP) is 5.15. The summed E-state index contributed by atoms with van der Waals surface area (Å²) in [4.78, 5) is 38.2. The molecule has 0 unspecified atom stereocenters. The number of amides is 3. The molecule has 3 N–H and O–H groups in total. The molecule has 0 heterocycles. The van der Waals surface area contributed by atoms with Crippen LogP contribution in [0.4, 0.5) is 4.79 Å². The van der Waals surface area contributed by atoms with Crippen molar-refractivity contribution in [2.75, 3.05) is 0 Å². The van der Waals surface area contributed by atoms with Gasteiger partial charge in [-0.25, -0.2) is 0 Å². The topological polar surface area (TPSA) is 96.5 Å². The second-order valence-corrected chi connectivity index (χ2v) is 17.5. The lowest BCUT2D eigenvalue weighted by atomic mass is 9.91. The third-order valence-electron chi connectivity index (χ3n) is 7.34. The maximum absolute atomic E-state index is 13.4. The quantitative estimate of drug-likeness (QED) is 0.283. The Morgan fingerprint density at radius 1 is 0.921 bits per heavy atom. The summed E-state index contributed by atoms with van der Waals surface area (Å²) >= 11 is 0. The van der Waals surface area contributed by atoms with E-state index in [1.807, 2.05) is 51.1 Å². The maximum Gasteiger partial charge on any atom is 0.243 e. The van der Waals surface area contributed by atoms with Crippen LogP contribution < -0.4 is 16.0 Å². The first kappa shape index (κ1) is 33.9. The molecule has 0 aromatic heterocycles. The number of carbonyl (C=O) groups is 3. The zero-order valence-corrected chi connectivity index (χ0v) is 26.2. The van der Waals surface area contributed by atoms with Gasteiger partial charge in [-0.3, -0.25) is 14.4 Å². The molecule has 38 heavy (non-hydrogen) atoms. The van der Waals surface area contributed by atoms with Crippen molar-refractivity contribution in [3.05, 3.63) is 35.9 Å². The molecule has 0 fully saturated rings. The molecule has 0 spiro atoms. The van der Waals surface area contributed by atoms with Gasteiger partial charge in [-0.2, -0.15) is 0 Å². The first-order valence-electron chi connectivity index (χ1n) is 13.8. The number of nitrogens with one attached hydrogen (secondary N) is 3. The van der Waals surface area contributed by atoms with E-state index in [-0.39, 0.29) is 28.8 Å². The summed E-state index contributed by atoms with van der Waals surface area (Å²) in [5, 5.41) is 8.73. The second kappa shape index (κ2) is 14.9. The van der Waals surface area contributed by atoms with Gasteiger partial charge >= 0.3 is 0 Å². The van der Waals surface area contributed by atoms with Crippen LogP contribution in [0.1, 0.15) is 73.8 Å². The van der Waals surface area contributed by atoms with Crippen LogP contribution in [-0.4, -0.2) is 52.0 Å². The molecular weight excluding hydrogens is 493 g/mol. The molecule has 9 heteroatoms. The third kappa shape index (κ3) is 11.3. The SMILES string of the molecule is [B]C(=O)N[C@@H](CC(C)C)[C@H](C[C@@H](C)C(=O)N[C@H](C(=O)NCc1ccccc1)C(C)C)O[Si](C)(C)C(C)(C)C. The summed E-state index contributed by atoms with van der Waals surface area (Å²) in [6, 6.07) is 8.68. The molecule has 4 atom stereocenters. The Labute approximate surface area is 233 Å². The van der Waals surface area contributed by atoms with Crippen LogP contribution >= 0.6 is 0 Å². The number of benzene rings is 1. The van der Waals surface area contributed by atoms with Crippen molar-refractivity contribution in [1.29, 1.82) is 0 Å². The average Bonchev–Trinajstić information content (AvgIpc) is 2.78. The van der Waals surface area contributed by atoms with E-state index >= 15 is 0 Å².